The lowest BCUT2D eigenvalue weighted by atomic mass is 9.78. The standard InChI is InChI=1S/C21H29ClN2O2/c1-15-3-8-19(18(22)13-15)23-11-2-9-21(14-23)10-12-24(20(21)26)16-4-6-17(25)7-5-16/h3,8,13,16-17,25H,2,4-7,9-12,14H2,1H3/t16?,17?,21-/m0/s1. The number of likely N-dealkylation sites (tertiary alicyclic amines) is 1. The molecule has 1 saturated carbocycles. The van der Waals surface area contributed by atoms with Crippen LogP contribution in [0, 0.1) is 12.3 Å². The highest BCUT2D eigenvalue weighted by atomic mass is 35.5. The van der Waals surface area contributed by atoms with Gasteiger partial charge in [-0.25, -0.2) is 0 Å². The third-order valence-corrected chi connectivity index (χ3v) is 6.98. The van der Waals surface area contributed by atoms with Gasteiger partial charge < -0.3 is 14.9 Å². The van der Waals surface area contributed by atoms with Crippen molar-refractivity contribution in [3.8, 4) is 0 Å². The second-order valence-electron chi connectivity index (χ2n) is 8.47. The predicted octanol–water partition coefficient (Wildman–Crippen LogP) is 3.77. The van der Waals surface area contributed by atoms with E-state index in [2.05, 4.69) is 21.9 Å². The van der Waals surface area contributed by atoms with Crippen LogP contribution in [0.5, 0.6) is 0 Å². The molecule has 1 aromatic rings. The molecule has 1 N–H and O–H groups in total. The summed E-state index contributed by atoms with van der Waals surface area (Å²) >= 11 is 6.50. The molecule has 1 amide bonds. The van der Waals surface area contributed by atoms with Gasteiger partial charge in [-0.2, -0.15) is 0 Å². The van der Waals surface area contributed by atoms with Crippen LogP contribution in [0.1, 0.15) is 50.5 Å². The van der Waals surface area contributed by atoms with Crippen molar-refractivity contribution in [2.75, 3.05) is 24.5 Å². The van der Waals surface area contributed by atoms with Gasteiger partial charge in [-0.15, -0.1) is 0 Å². The Balaban J connectivity index is 1.50. The second-order valence-corrected chi connectivity index (χ2v) is 8.88. The minimum Gasteiger partial charge on any atom is -0.393 e. The highest BCUT2D eigenvalue weighted by molar-refractivity contribution is 6.33. The van der Waals surface area contributed by atoms with Gasteiger partial charge in [0.1, 0.15) is 0 Å². The topological polar surface area (TPSA) is 43.8 Å². The summed E-state index contributed by atoms with van der Waals surface area (Å²) < 4.78 is 0. The van der Waals surface area contributed by atoms with Crippen LogP contribution in [0.15, 0.2) is 18.2 Å². The van der Waals surface area contributed by atoms with Gasteiger partial charge in [-0.1, -0.05) is 17.7 Å². The lowest BCUT2D eigenvalue weighted by Gasteiger charge is -2.41. The number of aliphatic hydroxyl groups excluding tert-OH is 1. The van der Waals surface area contributed by atoms with Gasteiger partial charge in [0, 0.05) is 25.7 Å². The predicted molar refractivity (Wildman–Crippen MR) is 105 cm³/mol. The monoisotopic (exact) mass is 376 g/mol. The Kier molecular flexibility index (Phi) is 4.91. The quantitative estimate of drug-likeness (QED) is 0.854. The number of aliphatic hydroxyl groups is 1. The largest absolute Gasteiger partial charge is 0.393 e. The van der Waals surface area contributed by atoms with E-state index in [4.69, 9.17) is 11.6 Å². The van der Waals surface area contributed by atoms with Gasteiger partial charge in [0.25, 0.3) is 0 Å². The zero-order valence-corrected chi connectivity index (χ0v) is 16.3. The molecule has 0 unspecified atom stereocenters. The molecule has 2 heterocycles. The maximum absolute atomic E-state index is 13.4. The van der Waals surface area contributed by atoms with E-state index in [1.54, 1.807) is 0 Å². The fraction of sp³-hybridized carbons (Fsp3) is 0.667. The third-order valence-electron chi connectivity index (χ3n) is 6.67. The Morgan fingerprint density at radius 3 is 2.65 bits per heavy atom. The number of rotatable bonds is 2. The first-order valence-electron chi connectivity index (χ1n) is 9.99. The van der Waals surface area contributed by atoms with Crippen molar-refractivity contribution in [2.24, 2.45) is 5.41 Å². The molecule has 4 rings (SSSR count). The zero-order valence-electron chi connectivity index (χ0n) is 15.6. The zero-order chi connectivity index (χ0) is 18.3. The molecule has 26 heavy (non-hydrogen) atoms. The van der Waals surface area contributed by atoms with E-state index in [0.29, 0.717) is 11.9 Å². The molecular formula is C21H29ClN2O2. The number of anilines is 1. The van der Waals surface area contributed by atoms with E-state index >= 15 is 0 Å². The number of piperidine rings is 1. The molecular weight excluding hydrogens is 348 g/mol. The highest BCUT2D eigenvalue weighted by Crippen LogP contribution is 2.44. The van der Waals surface area contributed by atoms with Crippen molar-refractivity contribution in [1.82, 2.24) is 4.90 Å². The van der Waals surface area contributed by atoms with E-state index in [-0.39, 0.29) is 11.5 Å². The summed E-state index contributed by atoms with van der Waals surface area (Å²) in [6.07, 6.45) is 6.33. The molecule has 1 spiro atoms. The first-order valence-corrected chi connectivity index (χ1v) is 10.4. The highest BCUT2D eigenvalue weighted by Gasteiger charge is 2.50. The summed E-state index contributed by atoms with van der Waals surface area (Å²) in [4.78, 5) is 17.8. The molecule has 2 saturated heterocycles. The maximum Gasteiger partial charge on any atom is 0.230 e. The normalized spacial score (nSPS) is 32.5. The van der Waals surface area contributed by atoms with E-state index in [1.165, 1.54) is 0 Å². The average Bonchev–Trinajstić information content (AvgIpc) is 2.92. The molecule has 4 nitrogen and oxygen atoms in total. The molecule has 0 radical (unpaired) electrons. The van der Waals surface area contributed by atoms with E-state index in [0.717, 1.165) is 80.9 Å². The van der Waals surface area contributed by atoms with Gasteiger partial charge in [0.15, 0.2) is 0 Å². The Bertz CT molecular complexity index is 687. The Hall–Kier alpha value is -1.26. The number of halogens is 1. The summed E-state index contributed by atoms with van der Waals surface area (Å²) in [6.45, 7) is 4.66. The van der Waals surface area contributed by atoms with Gasteiger partial charge in [-0.05, 0) is 69.6 Å². The number of amides is 1. The lowest BCUT2D eigenvalue weighted by Crippen LogP contribution is -2.50. The SMILES string of the molecule is Cc1ccc(N2CCC[C@]3(CCN(C4CCC(O)CC4)C3=O)C2)c(Cl)c1. The van der Waals surface area contributed by atoms with Crippen LogP contribution in [-0.2, 0) is 4.79 Å². The Morgan fingerprint density at radius 1 is 1.15 bits per heavy atom. The molecule has 5 heteroatoms. The number of hydrogen-bond acceptors (Lipinski definition) is 3. The number of aryl methyl sites for hydroxylation is 1. The Labute approximate surface area is 161 Å². The molecule has 0 bridgehead atoms. The molecule has 2 aliphatic heterocycles. The van der Waals surface area contributed by atoms with Crippen LogP contribution in [0.4, 0.5) is 5.69 Å². The molecule has 3 fully saturated rings. The smallest absolute Gasteiger partial charge is 0.230 e. The van der Waals surface area contributed by atoms with Crippen LogP contribution >= 0.6 is 11.6 Å². The first-order chi connectivity index (χ1) is 12.5. The molecule has 0 aromatic heterocycles. The number of carbonyl (C=O) groups is 1. The molecule has 142 valence electrons. The second kappa shape index (κ2) is 7.05. The minimum absolute atomic E-state index is 0.174. The maximum atomic E-state index is 13.4. The number of nitrogens with zero attached hydrogens (tertiary/aromatic N) is 2. The summed E-state index contributed by atoms with van der Waals surface area (Å²) in [5, 5.41) is 10.5. The lowest BCUT2D eigenvalue weighted by molar-refractivity contribution is -0.139. The van der Waals surface area contributed by atoms with Crippen molar-refractivity contribution in [3.05, 3.63) is 28.8 Å². The first kappa shape index (κ1) is 18.1. The Morgan fingerprint density at radius 2 is 1.92 bits per heavy atom. The summed E-state index contributed by atoms with van der Waals surface area (Å²) in [5.74, 6) is 0.340. The van der Waals surface area contributed by atoms with Crippen molar-refractivity contribution >= 4 is 23.2 Å². The summed E-state index contributed by atoms with van der Waals surface area (Å²) in [6, 6.07) is 6.52. The van der Waals surface area contributed by atoms with Gasteiger partial charge in [0.05, 0.1) is 22.2 Å². The fourth-order valence-corrected chi connectivity index (χ4v) is 5.50. The molecule has 1 aliphatic carbocycles. The van der Waals surface area contributed by atoms with Crippen LogP contribution < -0.4 is 4.90 Å². The van der Waals surface area contributed by atoms with Crippen molar-refractivity contribution in [2.45, 2.75) is 64.0 Å². The van der Waals surface area contributed by atoms with E-state index in [9.17, 15) is 9.90 Å². The van der Waals surface area contributed by atoms with Crippen LogP contribution in [0.25, 0.3) is 0 Å². The summed E-state index contributed by atoms with van der Waals surface area (Å²) in [5.41, 5.74) is 1.97. The molecule has 1 atom stereocenters. The third kappa shape index (κ3) is 3.22. The summed E-state index contributed by atoms with van der Waals surface area (Å²) in [7, 11) is 0. The number of hydrogen-bond donors (Lipinski definition) is 1. The van der Waals surface area contributed by atoms with E-state index in [1.807, 2.05) is 13.0 Å². The van der Waals surface area contributed by atoms with Crippen LogP contribution in [0.3, 0.4) is 0 Å². The van der Waals surface area contributed by atoms with Crippen LogP contribution in [0.2, 0.25) is 5.02 Å². The average molecular weight is 377 g/mol. The van der Waals surface area contributed by atoms with Gasteiger partial charge in [-0.3, -0.25) is 4.79 Å². The van der Waals surface area contributed by atoms with Gasteiger partial charge >= 0.3 is 0 Å². The minimum atomic E-state index is -0.247. The number of benzene rings is 1. The van der Waals surface area contributed by atoms with Crippen molar-refractivity contribution in [3.63, 3.8) is 0 Å². The van der Waals surface area contributed by atoms with E-state index < -0.39 is 0 Å². The molecule has 1 aromatic carbocycles. The van der Waals surface area contributed by atoms with Crippen molar-refractivity contribution in [1.29, 1.82) is 0 Å². The number of carbonyl (C=O) groups excluding carboxylic acids is 1. The van der Waals surface area contributed by atoms with Crippen LogP contribution in [-0.4, -0.2) is 47.7 Å². The van der Waals surface area contributed by atoms with Gasteiger partial charge in [0.2, 0.25) is 5.91 Å². The van der Waals surface area contributed by atoms with Crippen molar-refractivity contribution < 1.29 is 9.90 Å². The fourth-order valence-electron chi connectivity index (χ4n) is 5.15. The molecule has 3 aliphatic rings.